The Hall–Kier alpha value is -1.77. The number of thiophene rings is 1. The molecule has 0 amide bonds. The molecule has 4 rings (SSSR count). The van der Waals surface area contributed by atoms with Crippen LogP contribution in [0.5, 0.6) is 0 Å². The molecule has 4 aromatic rings. The van der Waals surface area contributed by atoms with Crippen LogP contribution in [0.15, 0.2) is 50.6 Å². The number of aromatic amines is 1. The van der Waals surface area contributed by atoms with Gasteiger partial charge in [-0.15, -0.1) is 16.4 Å². The highest BCUT2D eigenvalue weighted by Crippen LogP contribution is 2.39. The third kappa shape index (κ3) is 2.97. The zero-order chi connectivity index (χ0) is 16.5. The van der Waals surface area contributed by atoms with Gasteiger partial charge in [0.15, 0.2) is 0 Å². The quantitative estimate of drug-likeness (QED) is 0.475. The van der Waals surface area contributed by atoms with Gasteiger partial charge in [-0.3, -0.25) is 5.10 Å². The number of benzene rings is 1. The number of aryl methyl sites for hydroxylation is 1. The number of hydrogen-bond acceptors (Lipinski definition) is 6. The van der Waals surface area contributed by atoms with E-state index < -0.39 is 0 Å². The van der Waals surface area contributed by atoms with Gasteiger partial charge in [-0.2, -0.15) is 0 Å². The average molecular weight is 418 g/mol. The molecule has 0 aliphatic rings. The first-order valence-corrected chi connectivity index (χ1v) is 9.80. The zero-order valence-corrected chi connectivity index (χ0v) is 15.9. The largest absolute Gasteiger partial charge is 0.262 e. The van der Waals surface area contributed by atoms with Crippen LogP contribution in [0.25, 0.3) is 21.3 Å². The Morgan fingerprint density at radius 3 is 2.79 bits per heavy atom. The molecule has 5 nitrogen and oxygen atoms in total. The van der Waals surface area contributed by atoms with Crippen LogP contribution >= 0.6 is 39.0 Å². The van der Waals surface area contributed by atoms with Crippen molar-refractivity contribution >= 4 is 49.2 Å². The molecule has 0 radical (unpaired) electrons. The molecule has 0 bridgehead atoms. The number of rotatable bonds is 4. The summed E-state index contributed by atoms with van der Waals surface area (Å²) < 4.78 is 1.06. The first-order valence-electron chi connectivity index (χ1n) is 7.32. The van der Waals surface area contributed by atoms with Crippen LogP contribution in [0, 0.1) is 0 Å². The molecule has 8 heteroatoms. The number of H-pyrrole nitrogens is 1. The second kappa shape index (κ2) is 6.62. The predicted molar refractivity (Wildman–Crippen MR) is 100 cm³/mol. The average Bonchev–Trinajstić information content (AvgIpc) is 3.23. The fraction of sp³-hybridized carbons (Fsp3) is 0.125. The molecule has 1 N–H and O–H groups in total. The van der Waals surface area contributed by atoms with Crippen LogP contribution in [-0.2, 0) is 6.42 Å². The predicted octanol–water partition coefficient (Wildman–Crippen LogP) is 4.95. The van der Waals surface area contributed by atoms with Gasteiger partial charge in [-0.25, -0.2) is 15.0 Å². The van der Waals surface area contributed by atoms with Gasteiger partial charge >= 0.3 is 0 Å². The number of nitrogens with one attached hydrogen (secondary N) is 1. The molecule has 1 aromatic carbocycles. The highest BCUT2D eigenvalue weighted by molar-refractivity contribution is 9.10. The first kappa shape index (κ1) is 15.7. The Bertz CT molecular complexity index is 993. The molecule has 0 fully saturated rings. The minimum Gasteiger partial charge on any atom is -0.262 e. The third-order valence-electron chi connectivity index (χ3n) is 3.52. The minimum atomic E-state index is 0.680. The highest BCUT2D eigenvalue weighted by Gasteiger charge is 2.15. The van der Waals surface area contributed by atoms with Crippen LogP contribution in [0.3, 0.4) is 0 Å². The van der Waals surface area contributed by atoms with Crippen molar-refractivity contribution in [1.82, 2.24) is 25.1 Å². The van der Waals surface area contributed by atoms with Gasteiger partial charge in [0.1, 0.15) is 22.0 Å². The van der Waals surface area contributed by atoms with E-state index in [-0.39, 0.29) is 0 Å². The Kier molecular flexibility index (Phi) is 4.34. The monoisotopic (exact) mass is 417 g/mol. The summed E-state index contributed by atoms with van der Waals surface area (Å²) in [7, 11) is 0. The third-order valence-corrected chi connectivity index (χ3v) is 5.81. The highest BCUT2D eigenvalue weighted by atomic mass is 79.9. The fourth-order valence-corrected chi connectivity index (χ4v) is 4.41. The standard InChI is InChI=1S/C16H12BrN5S2/c1-2-12-20-16(22-21-12)24-15-13-11(7-23-14(13)18-8-19-15)9-3-5-10(17)6-4-9/h3-8H,2H2,1H3,(H,20,21,22). The maximum Gasteiger partial charge on any atom is 0.214 e. The summed E-state index contributed by atoms with van der Waals surface area (Å²) in [4.78, 5) is 14.3. The lowest BCUT2D eigenvalue weighted by atomic mass is 10.1. The second-order valence-electron chi connectivity index (χ2n) is 5.04. The summed E-state index contributed by atoms with van der Waals surface area (Å²) in [6.07, 6.45) is 2.43. The van der Waals surface area contributed by atoms with E-state index in [1.165, 1.54) is 11.8 Å². The summed E-state index contributed by atoms with van der Waals surface area (Å²) in [5.41, 5.74) is 2.28. The van der Waals surface area contributed by atoms with Gasteiger partial charge < -0.3 is 0 Å². The normalized spacial score (nSPS) is 11.2. The number of fused-ring (bicyclic) bond motifs is 1. The first-order chi connectivity index (χ1) is 11.7. The lowest BCUT2D eigenvalue weighted by Crippen LogP contribution is -1.87. The summed E-state index contributed by atoms with van der Waals surface area (Å²) in [6.45, 7) is 2.04. The lowest BCUT2D eigenvalue weighted by Gasteiger charge is -2.03. The summed E-state index contributed by atoms with van der Waals surface area (Å²) >= 11 is 6.57. The van der Waals surface area contributed by atoms with Crippen molar-refractivity contribution < 1.29 is 0 Å². The molecule has 0 aliphatic heterocycles. The maximum absolute atomic E-state index is 4.47. The van der Waals surface area contributed by atoms with E-state index >= 15 is 0 Å². The molecule has 3 heterocycles. The van der Waals surface area contributed by atoms with Crippen LogP contribution in [0.4, 0.5) is 0 Å². The van der Waals surface area contributed by atoms with Gasteiger partial charge in [0.25, 0.3) is 0 Å². The van der Waals surface area contributed by atoms with Crippen LogP contribution in [0.1, 0.15) is 12.7 Å². The molecule has 0 atom stereocenters. The zero-order valence-electron chi connectivity index (χ0n) is 12.7. The Labute approximate surface area is 155 Å². The van der Waals surface area contributed by atoms with Gasteiger partial charge in [0.05, 0.1) is 5.39 Å². The van der Waals surface area contributed by atoms with Crippen molar-refractivity contribution in [2.24, 2.45) is 0 Å². The smallest absolute Gasteiger partial charge is 0.214 e. The molecule has 3 aromatic heterocycles. The summed E-state index contributed by atoms with van der Waals surface area (Å²) in [6, 6.07) is 8.26. The van der Waals surface area contributed by atoms with Gasteiger partial charge in [0, 0.05) is 21.8 Å². The Balaban J connectivity index is 1.80. The van der Waals surface area contributed by atoms with Gasteiger partial charge in [0.2, 0.25) is 5.16 Å². The lowest BCUT2D eigenvalue weighted by molar-refractivity contribution is 0.940. The van der Waals surface area contributed by atoms with Crippen LogP contribution in [-0.4, -0.2) is 25.1 Å². The molecule has 0 saturated carbocycles. The fourth-order valence-electron chi connectivity index (χ4n) is 2.33. The number of nitrogens with zero attached hydrogens (tertiary/aromatic N) is 4. The maximum atomic E-state index is 4.47. The van der Waals surface area contributed by atoms with Crippen LogP contribution < -0.4 is 0 Å². The van der Waals surface area contributed by atoms with E-state index in [4.69, 9.17) is 0 Å². The molecular weight excluding hydrogens is 406 g/mol. The van der Waals surface area contributed by atoms with Gasteiger partial charge in [-0.05, 0) is 29.5 Å². The SMILES string of the molecule is CCc1nc(Sc2ncnc3scc(-c4ccc(Br)cc4)c23)n[nH]1. The van der Waals surface area contributed by atoms with Crippen LogP contribution in [0.2, 0.25) is 0 Å². The molecule has 0 spiro atoms. The van der Waals surface area contributed by atoms with Crippen molar-refractivity contribution in [3.63, 3.8) is 0 Å². The Morgan fingerprint density at radius 2 is 2.04 bits per heavy atom. The van der Waals surface area contributed by atoms with E-state index in [1.54, 1.807) is 17.7 Å². The molecule has 24 heavy (non-hydrogen) atoms. The summed E-state index contributed by atoms with van der Waals surface area (Å²) in [5, 5.41) is 11.9. The molecule has 0 saturated heterocycles. The number of halogens is 1. The number of hydrogen-bond donors (Lipinski definition) is 1. The molecule has 0 unspecified atom stereocenters. The molecule has 120 valence electrons. The number of aromatic nitrogens is 5. The Morgan fingerprint density at radius 1 is 1.21 bits per heavy atom. The molecular formula is C16H12BrN5S2. The van der Waals surface area contributed by atoms with E-state index in [0.717, 1.165) is 43.1 Å². The summed E-state index contributed by atoms with van der Waals surface area (Å²) in [5.74, 6) is 0.876. The van der Waals surface area contributed by atoms with E-state index in [1.807, 2.05) is 19.1 Å². The van der Waals surface area contributed by atoms with E-state index in [0.29, 0.717) is 5.16 Å². The van der Waals surface area contributed by atoms with Crippen molar-refractivity contribution in [2.45, 2.75) is 23.5 Å². The van der Waals surface area contributed by atoms with Crippen molar-refractivity contribution in [3.05, 3.63) is 46.3 Å². The van der Waals surface area contributed by atoms with Crippen molar-refractivity contribution in [2.75, 3.05) is 0 Å². The second-order valence-corrected chi connectivity index (χ2v) is 7.77. The van der Waals surface area contributed by atoms with E-state index in [2.05, 4.69) is 58.6 Å². The van der Waals surface area contributed by atoms with Gasteiger partial charge in [-0.1, -0.05) is 35.0 Å². The van der Waals surface area contributed by atoms with E-state index in [9.17, 15) is 0 Å². The minimum absolute atomic E-state index is 0.680. The topological polar surface area (TPSA) is 67.3 Å². The molecule has 0 aliphatic carbocycles. The van der Waals surface area contributed by atoms with Crippen molar-refractivity contribution in [3.8, 4) is 11.1 Å². The van der Waals surface area contributed by atoms with Crippen molar-refractivity contribution in [1.29, 1.82) is 0 Å².